The number of amides is 1. The van der Waals surface area contributed by atoms with E-state index in [-0.39, 0.29) is 82.7 Å². The first-order chi connectivity index (χ1) is 27.3. The Balaban J connectivity index is 1.63. The maximum Gasteiger partial charge on any atom is 0.307 e. The number of allylic oxidation sites excluding steroid dienone is 3. The molecule has 0 saturated carbocycles. The van der Waals surface area contributed by atoms with E-state index in [1.807, 2.05) is 19.9 Å². The molecule has 3 heterocycles. The number of rotatable bonds is 2. The number of aliphatic hydroxyl groups is 1. The number of aliphatic hydroxyl groups excluding tert-OH is 1. The zero-order valence-corrected chi connectivity index (χ0v) is 35.7. The third-order valence-corrected chi connectivity index (χ3v) is 13.4. The molecule has 2 aliphatic heterocycles. The summed E-state index contributed by atoms with van der Waals surface area (Å²) in [4.78, 5) is 58.1. The molecule has 15 heteroatoms. The molecule has 58 heavy (non-hydrogen) atoms. The SMILES string of the molecule is CO[C@H]1/C=C/O[C@@]2(C)Oc3c(C)c(O)c4c(=O)c(c5oc6cc(F)cc(=O)c6nc5c4c3=C2O)NC(=O)/C(C)=C\C=C\[C@H](C)C[C@@H](C)[C@@H](I)[C@@H](C)[C@H](OC(C)=O)[C@@H]1C. The highest BCUT2D eigenvalue weighted by Gasteiger charge is 2.44. The number of carbonyl (C=O) groups is 2. The van der Waals surface area contributed by atoms with Gasteiger partial charge >= 0.3 is 11.8 Å². The van der Waals surface area contributed by atoms with Crippen molar-refractivity contribution in [3.63, 3.8) is 0 Å². The van der Waals surface area contributed by atoms with E-state index < -0.39 is 63.7 Å². The maximum absolute atomic E-state index is 14.5. The Kier molecular flexibility index (Phi) is 12.0. The molecule has 4 bridgehead atoms. The van der Waals surface area contributed by atoms with Gasteiger partial charge in [-0.05, 0) is 38.2 Å². The second-order valence-electron chi connectivity index (χ2n) is 15.4. The van der Waals surface area contributed by atoms with Crippen LogP contribution in [0.5, 0.6) is 11.5 Å². The Bertz CT molecular complexity index is 2620. The van der Waals surface area contributed by atoms with Gasteiger partial charge in [-0.25, -0.2) is 9.37 Å². The van der Waals surface area contributed by atoms with Crippen LogP contribution in [-0.4, -0.2) is 56.1 Å². The van der Waals surface area contributed by atoms with E-state index in [0.717, 1.165) is 18.6 Å². The largest absolute Gasteiger partial charge is 0.507 e. The van der Waals surface area contributed by atoms with Crippen LogP contribution in [0.25, 0.3) is 38.7 Å². The quantitative estimate of drug-likeness (QED) is 0.0607. The van der Waals surface area contributed by atoms with Gasteiger partial charge in [-0.2, -0.15) is 0 Å². The maximum atomic E-state index is 14.5. The second-order valence-corrected chi connectivity index (χ2v) is 16.9. The molecule has 0 radical (unpaired) electrons. The van der Waals surface area contributed by atoms with Crippen molar-refractivity contribution in [2.75, 3.05) is 12.4 Å². The number of anilines is 1. The minimum absolute atomic E-state index is 0.0495. The number of aromatic hydroxyl groups is 1. The molecule has 0 aliphatic carbocycles. The van der Waals surface area contributed by atoms with Gasteiger partial charge in [-0.3, -0.25) is 19.2 Å². The van der Waals surface area contributed by atoms with E-state index in [1.54, 1.807) is 25.2 Å². The Labute approximate surface area is 346 Å². The van der Waals surface area contributed by atoms with Crippen LogP contribution in [0.15, 0.2) is 62.3 Å². The highest BCUT2D eigenvalue weighted by atomic mass is 127. The first-order valence-electron chi connectivity index (χ1n) is 18.9. The van der Waals surface area contributed by atoms with Gasteiger partial charge in [0.1, 0.15) is 34.6 Å². The fourth-order valence-electron chi connectivity index (χ4n) is 7.90. The summed E-state index contributed by atoms with van der Waals surface area (Å²) in [6, 6.07) is 1.64. The standard InChI is InChI=1S/C43H46FIN2O11/c1-18-11-10-12-19(2)42(53)47-35-37(51)30-29(34-40(35)57-28-17-25(44)16-26(49)33(28)46-34)31-39(23(6)36(30)50)58-43(8,41(31)52)55-14-13-27(54-9)21(4)38(56-24(7)48)22(5)32(45)20(3)15-18/h10-14,16-18,20-22,27,32,38,50,52H,15H2,1-9H3,(H,47,53)/b11-10+,14-13+,19-12-/t18-,20+,21+,22+,27-,32+,38+,43-/m0/s1. The molecular weight excluding hydrogens is 866 g/mol. The molecule has 0 unspecified atom stereocenters. The van der Waals surface area contributed by atoms with Crippen molar-refractivity contribution in [2.24, 2.45) is 23.7 Å². The number of phenolic OH excluding ortho intramolecular Hbond substituents is 1. The summed E-state index contributed by atoms with van der Waals surface area (Å²) in [5.41, 5.74) is -3.11. The predicted octanol–water partition coefficient (Wildman–Crippen LogP) is 7.17. The van der Waals surface area contributed by atoms with Crippen LogP contribution < -0.4 is 26.1 Å². The van der Waals surface area contributed by atoms with Gasteiger partial charge in [-0.15, -0.1) is 0 Å². The minimum atomic E-state index is -1.94. The number of carbonyl (C=O) groups excluding carboxylic acids is 2. The van der Waals surface area contributed by atoms with E-state index >= 15 is 0 Å². The number of benzene rings is 3. The fourth-order valence-corrected chi connectivity index (χ4v) is 8.60. The number of halogens is 2. The molecule has 0 fully saturated rings. The number of aromatic nitrogens is 1. The number of nitrogens with one attached hydrogen (secondary N) is 1. The van der Waals surface area contributed by atoms with Gasteiger partial charge < -0.3 is 38.9 Å². The molecular formula is C43H46FIN2O11. The van der Waals surface area contributed by atoms with Gasteiger partial charge in [0.2, 0.25) is 10.9 Å². The van der Waals surface area contributed by atoms with Gasteiger partial charge in [0.05, 0.1) is 23.0 Å². The molecule has 0 spiro atoms. The molecule has 3 N–H and O–H groups in total. The normalized spacial score (nSPS) is 29.2. The summed E-state index contributed by atoms with van der Waals surface area (Å²) in [6.45, 7) is 13.9. The molecule has 13 nitrogen and oxygen atoms in total. The number of ether oxygens (including phenoxy) is 4. The lowest BCUT2D eigenvalue weighted by atomic mass is 9.81. The van der Waals surface area contributed by atoms with E-state index in [4.69, 9.17) is 23.4 Å². The molecule has 6 rings (SSSR count). The lowest BCUT2D eigenvalue weighted by molar-refractivity contribution is -0.154. The number of hydrogen-bond acceptors (Lipinski definition) is 12. The summed E-state index contributed by atoms with van der Waals surface area (Å²) in [7, 11) is 1.52. The van der Waals surface area contributed by atoms with Gasteiger partial charge in [0, 0.05) is 65.4 Å². The fraction of sp³-hybridized carbons (Fsp3) is 0.419. The van der Waals surface area contributed by atoms with Gasteiger partial charge in [0.25, 0.3) is 5.91 Å². The van der Waals surface area contributed by atoms with Crippen molar-refractivity contribution in [1.29, 1.82) is 0 Å². The number of methoxy groups -OCH3 is 1. The summed E-state index contributed by atoms with van der Waals surface area (Å²) >= 11 is 2.41. The number of esters is 1. The van der Waals surface area contributed by atoms with E-state index in [1.165, 1.54) is 34.1 Å². The average Bonchev–Trinajstić information content (AvgIpc) is 3.43. The van der Waals surface area contributed by atoms with Crippen LogP contribution in [-0.2, 0) is 23.8 Å². The van der Waals surface area contributed by atoms with E-state index in [2.05, 4.69) is 46.7 Å². The number of fused-ring (bicyclic) bond motifs is 2. The lowest BCUT2D eigenvalue weighted by Gasteiger charge is -2.36. The molecule has 4 aromatic rings. The topological polar surface area (TPSA) is 184 Å². The third kappa shape index (κ3) is 7.65. The van der Waals surface area contributed by atoms with Gasteiger partial charge in [0.15, 0.2) is 22.4 Å². The summed E-state index contributed by atoms with van der Waals surface area (Å²) in [5, 5.41) is 25.6. The van der Waals surface area contributed by atoms with Crippen molar-refractivity contribution in [2.45, 2.75) is 83.7 Å². The van der Waals surface area contributed by atoms with Crippen molar-refractivity contribution in [1.82, 2.24) is 4.98 Å². The third-order valence-electron chi connectivity index (χ3n) is 11.1. The molecule has 308 valence electrons. The van der Waals surface area contributed by atoms with Crippen LogP contribution in [0, 0.1) is 36.4 Å². The monoisotopic (exact) mass is 912 g/mol. The zero-order valence-electron chi connectivity index (χ0n) is 33.6. The zero-order chi connectivity index (χ0) is 42.5. The first kappa shape index (κ1) is 42.6. The first-order valence-corrected chi connectivity index (χ1v) is 20.1. The molecule has 8 atom stereocenters. The molecule has 2 aliphatic rings. The minimum Gasteiger partial charge on any atom is -0.507 e. The number of hydrogen-bond donors (Lipinski definition) is 3. The van der Waals surface area contributed by atoms with Crippen molar-refractivity contribution in [3.8, 4) is 11.5 Å². The highest BCUT2D eigenvalue weighted by Crippen LogP contribution is 2.42. The molecule has 0 saturated heterocycles. The van der Waals surface area contributed by atoms with Crippen LogP contribution in [0.1, 0.15) is 60.5 Å². The summed E-state index contributed by atoms with van der Waals surface area (Å²) in [6.07, 6.45) is 7.77. The Hall–Kier alpha value is -5.03. The van der Waals surface area contributed by atoms with Crippen LogP contribution in [0.2, 0.25) is 0 Å². The Morgan fingerprint density at radius 1 is 1.05 bits per heavy atom. The summed E-state index contributed by atoms with van der Waals surface area (Å²) < 4.78 is 44.7. The van der Waals surface area contributed by atoms with Crippen LogP contribution >= 0.6 is 22.6 Å². The van der Waals surface area contributed by atoms with Crippen molar-refractivity contribution in [3.05, 3.63) is 85.3 Å². The van der Waals surface area contributed by atoms with Crippen LogP contribution in [0.3, 0.4) is 0 Å². The van der Waals surface area contributed by atoms with Crippen LogP contribution in [0.4, 0.5) is 10.1 Å². The second kappa shape index (κ2) is 16.3. The number of phenols is 1. The highest BCUT2D eigenvalue weighted by molar-refractivity contribution is 14.1. The Morgan fingerprint density at radius 2 is 1.76 bits per heavy atom. The summed E-state index contributed by atoms with van der Waals surface area (Å²) in [5.74, 6) is -5.34. The Morgan fingerprint density at radius 3 is 2.43 bits per heavy atom. The van der Waals surface area contributed by atoms with E-state index in [0.29, 0.717) is 0 Å². The number of alkyl halides is 1. The molecule has 1 amide bonds. The molecule has 1 aromatic heterocycles. The number of nitrogens with zero attached hydrogens (tertiary/aromatic N) is 1. The molecule has 3 aromatic carbocycles. The predicted molar refractivity (Wildman–Crippen MR) is 225 cm³/mol. The lowest BCUT2D eigenvalue weighted by Crippen LogP contribution is -2.42. The smallest absolute Gasteiger partial charge is 0.307 e. The van der Waals surface area contributed by atoms with Gasteiger partial charge in [-0.1, -0.05) is 68.5 Å². The average molecular weight is 913 g/mol. The van der Waals surface area contributed by atoms with Crippen molar-refractivity contribution < 1.29 is 47.6 Å². The van der Waals surface area contributed by atoms with Crippen molar-refractivity contribution >= 4 is 78.9 Å². The van der Waals surface area contributed by atoms with E-state index in [9.17, 15) is 33.8 Å².